The minimum atomic E-state index is -0.0511. The number of hydrogen-bond donors (Lipinski definition) is 1. The number of carbonyl (C=O) groups is 1. The molecule has 124 valence electrons. The summed E-state index contributed by atoms with van der Waals surface area (Å²) >= 11 is 1.50. The third-order valence-electron chi connectivity index (χ3n) is 3.55. The Bertz CT molecular complexity index is 890. The third-order valence-corrected chi connectivity index (χ3v) is 4.44. The maximum atomic E-state index is 12.1. The molecule has 0 radical (unpaired) electrons. The minimum absolute atomic E-state index is 0.0511. The quantitative estimate of drug-likeness (QED) is 0.723. The number of rotatable bonds is 5. The van der Waals surface area contributed by atoms with E-state index in [1.54, 1.807) is 4.52 Å². The Hall–Kier alpha value is -2.41. The van der Waals surface area contributed by atoms with Crippen LogP contribution in [0.1, 0.15) is 34.2 Å². The molecule has 1 amide bonds. The van der Waals surface area contributed by atoms with Gasteiger partial charge in [-0.05, 0) is 38.5 Å². The molecule has 1 aromatic carbocycles. The fourth-order valence-corrected chi connectivity index (χ4v) is 3.30. The van der Waals surface area contributed by atoms with Crippen LogP contribution in [-0.4, -0.2) is 32.0 Å². The van der Waals surface area contributed by atoms with Gasteiger partial charge in [0.05, 0.1) is 0 Å². The monoisotopic (exact) mass is 341 g/mol. The zero-order valence-corrected chi connectivity index (χ0v) is 14.7. The molecule has 0 aliphatic rings. The molecule has 2 heterocycles. The summed E-state index contributed by atoms with van der Waals surface area (Å²) in [4.78, 5) is 21.0. The molecule has 6 nitrogen and oxygen atoms in total. The summed E-state index contributed by atoms with van der Waals surface area (Å²) < 4.78 is 1.74. The first-order valence-electron chi connectivity index (χ1n) is 7.78. The maximum absolute atomic E-state index is 12.1. The summed E-state index contributed by atoms with van der Waals surface area (Å²) in [5.41, 5.74) is 3.58. The van der Waals surface area contributed by atoms with Crippen molar-refractivity contribution in [3.63, 3.8) is 0 Å². The van der Waals surface area contributed by atoms with Crippen molar-refractivity contribution in [2.75, 3.05) is 6.54 Å². The second-order valence-electron chi connectivity index (χ2n) is 5.45. The van der Waals surface area contributed by atoms with E-state index in [-0.39, 0.29) is 5.91 Å². The molecule has 7 heteroatoms. The summed E-state index contributed by atoms with van der Waals surface area (Å²) in [5, 5.41) is 7.98. The van der Waals surface area contributed by atoms with Gasteiger partial charge in [-0.3, -0.25) is 4.79 Å². The van der Waals surface area contributed by atoms with Gasteiger partial charge < -0.3 is 5.32 Å². The van der Waals surface area contributed by atoms with Crippen LogP contribution in [0, 0.1) is 13.8 Å². The number of amides is 1. The lowest BCUT2D eigenvalue weighted by Gasteiger charge is -2.07. The van der Waals surface area contributed by atoms with Gasteiger partial charge in [-0.2, -0.15) is 4.98 Å². The fraction of sp³-hybridized carbons (Fsp3) is 0.294. The average molecular weight is 341 g/mol. The molecule has 0 aliphatic heterocycles. The Morgan fingerprint density at radius 3 is 2.83 bits per heavy atom. The van der Waals surface area contributed by atoms with Crippen molar-refractivity contribution in [1.29, 1.82) is 0 Å². The summed E-state index contributed by atoms with van der Waals surface area (Å²) in [6.07, 6.45) is 0. The molecule has 0 saturated carbocycles. The molecule has 0 bridgehead atoms. The topological polar surface area (TPSA) is 72.2 Å². The summed E-state index contributed by atoms with van der Waals surface area (Å²) in [7, 11) is 0. The van der Waals surface area contributed by atoms with E-state index >= 15 is 0 Å². The van der Waals surface area contributed by atoms with Crippen molar-refractivity contribution in [3.8, 4) is 0 Å². The van der Waals surface area contributed by atoms with Gasteiger partial charge in [0.15, 0.2) is 0 Å². The fourth-order valence-electron chi connectivity index (χ4n) is 2.47. The Balaban J connectivity index is 1.81. The van der Waals surface area contributed by atoms with Gasteiger partial charge in [-0.25, -0.2) is 9.50 Å². The first-order chi connectivity index (χ1) is 11.6. The lowest BCUT2D eigenvalue weighted by molar-refractivity contribution is 0.0955. The van der Waals surface area contributed by atoms with E-state index in [9.17, 15) is 4.79 Å². The highest BCUT2D eigenvalue weighted by molar-refractivity contribution is 7.98. The zero-order chi connectivity index (χ0) is 17.1. The van der Waals surface area contributed by atoms with Crippen LogP contribution in [0.5, 0.6) is 0 Å². The SMILES string of the molecule is CCNC(=O)c1ccccc1CSc1nc2nc(C)cc(C)n2n1. The summed E-state index contributed by atoms with van der Waals surface area (Å²) in [6.45, 7) is 6.44. The molecule has 24 heavy (non-hydrogen) atoms. The van der Waals surface area contributed by atoms with E-state index in [1.165, 1.54) is 11.8 Å². The molecule has 0 saturated heterocycles. The normalized spacial score (nSPS) is 11.0. The van der Waals surface area contributed by atoms with Crippen LogP contribution in [0.2, 0.25) is 0 Å². The predicted octanol–water partition coefficient (Wildman–Crippen LogP) is 2.78. The molecule has 1 N–H and O–H groups in total. The number of nitrogens with one attached hydrogen (secondary N) is 1. The van der Waals surface area contributed by atoms with E-state index in [0.717, 1.165) is 17.0 Å². The lowest BCUT2D eigenvalue weighted by atomic mass is 10.1. The highest BCUT2D eigenvalue weighted by Crippen LogP contribution is 2.22. The van der Waals surface area contributed by atoms with Crippen molar-refractivity contribution in [1.82, 2.24) is 24.9 Å². The highest BCUT2D eigenvalue weighted by Gasteiger charge is 2.12. The van der Waals surface area contributed by atoms with Gasteiger partial charge >= 0.3 is 0 Å². The minimum Gasteiger partial charge on any atom is -0.352 e. The van der Waals surface area contributed by atoms with Crippen LogP contribution in [0.3, 0.4) is 0 Å². The number of aryl methyl sites for hydroxylation is 2. The van der Waals surface area contributed by atoms with E-state index in [2.05, 4.69) is 20.4 Å². The molecule has 3 aromatic rings. The molecule has 2 aromatic heterocycles. The van der Waals surface area contributed by atoms with Crippen molar-refractivity contribution < 1.29 is 4.79 Å². The van der Waals surface area contributed by atoms with Gasteiger partial charge in [0, 0.05) is 29.2 Å². The maximum Gasteiger partial charge on any atom is 0.253 e. The number of benzene rings is 1. The predicted molar refractivity (Wildman–Crippen MR) is 94.3 cm³/mol. The van der Waals surface area contributed by atoms with E-state index in [1.807, 2.05) is 51.1 Å². The standard InChI is InChI=1S/C17H19N5OS/c1-4-18-15(23)14-8-6-5-7-13(14)10-24-17-20-16-19-11(2)9-12(3)22(16)21-17/h5-9H,4,10H2,1-3H3,(H,18,23). The van der Waals surface area contributed by atoms with Gasteiger partial charge in [-0.1, -0.05) is 30.0 Å². The number of carbonyl (C=O) groups excluding carboxylic acids is 1. The van der Waals surface area contributed by atoms with Gasteiger partial charge in [0.25, 0.3) is 11.7 Å². The van der Waals surface area contributed by atoms with E-state index in [0.29, 0.717) is 28.8 Å². The van der Waals surface area contributed by atoms with Crippen LogP contribution >= 0.6 is 11.8 Å². The van der Waals surface area contributed by atoms with Gasteiger partial charge in [0.2, 0.25) is 5.16 Å². The Labute approximate surface area is 144 Å². The van der Waals surface area contributed by atoms with E-state index < -0.39 is 0 Å². The first-order valence-corrected chi connectivity index (χ1v) is 8.77. The van der Waals surface area contributed by atoms with Crippen molar-refractivity contribution in [2.45, 2.75) is 31.7 Å². The average Bonchev–Trinajstić information content (AvgIpc) is 2.96. The molecule has 0 aliphatic carbocycles. The molecular weight excluding hydrogens is 322 g/mol. The van der Waals surface area contributed by atoms with Gasteiger partial charge in [-0.15, -0.1) is 5.10 Å². The summed E-state index contributed by atoms with van der Waals surface area (Å²) in [5.74, 6) is 1.18. The molecular formula is C17H19N5OS. The zero-order valence-electron chi connectivity index (χ0n) is 13.9. The summed E-state index contributed by atoms with van der Waals surface area (Å²) in [6, 6.07) is 9.58. The molecule has 0 unspecified atom stereocenters. The smallest absolute Gasteiger partial charge is 0.253 e. The van der Waals surface area contributed by atoms with Crippen LogP contribution in [0.4, 0.5) is 0 Å². The number of thioether (sulfide) groups is 1. The van der Waals surface area contributed by atoms with Crippen molar-refractivity contribution in [3.05, 3.63) is 52.8 Å². The largest absolute Gasteiger partial charge is 0.352 e. The van der Waals surface area contributed by atoms with Crippen LogP contribution in [-0.2, 0) is 5.75 Å². The highest BCUT2D eigenvalue weighted by atomic mass is 32.2. The molecule has 0 spiro atoms. The van der Waals surface area contributed by atoms with Gasteiger partial charge in [0.1, 0.15) is 0 Å². The second-order valence-corrected chi connectivity index (χ2v) is 6.39. The Morgan fingerprint density at radius 1 is 1.25 bits per heavy atom. The van der Waals surface area contributed by atoms with Crippen LogP contribution in [0.15, 0.2) is 35.5 Å². The van der Waals surface area contributed by atoms with Crippen LogP contribution < -0.4 is 5.32 Å². The van der Waals surface area contributed by atoms with Crippen molar-refractivity contribution in [2.24, 2.45) is 0 Å². The number of hydrogen-bond acceptors (Lipinski definition) is 5. The number of nitrogens with zero attached hydrogens (tertiary/aromatic N) is 4. The second kappa shape index (κ2) is 7.00. The molecule has 3 rings (SSSR count). The molecule has 0 atom stereocenters. The van der Waals surface area contributed by atoms with Crippen molar-refractivity contribution >= 4 is 23.4 Å². The first kappa shape index (κ1) is 16.4. The number of aromatic nitrogens is 4. The lowest BCUT2D eigenvalue weighted by Crippen LogP contribution is -2.23. The number of fused-ring (bicyclic) bond motifs is 1. The molecule has 0 fully saturated rings. The van der Waals surface area contributed by atoms with E-state index in [4.69, 9.17) is 0 Å². The Morgan fingerprint density at radius 2 is 2.04 bits per heavy atom. The van der Waals surface area contributed by atoms with Crippen LogP contribution in [0.25, 0.3) is 5.78 Å². The Kier molecular flexibility index (Phi) is 4.80. The third kappa shape index (κ3) is 3.41.